The van der Waals surface area contributed by atoms with Crippen molar-refractivity contribution in [2.45, 2.75) is 39.3 Å². The Kier molecular flexibility index (Phi) is 5.05. The molecule has 0 radical (unpaired) electrons. The summed E-state index contributed by atoms with van der Waals surface area (Å²) >= 11 is 0. The first kappa shape index (κ1) is 12.5. The number of piperidine rings is 1. The molecule has 1 amide bonds. The summed E-state index contributed by atoms with van der Waals surface area (Å²) in [5.74, 6) is 0.543. The van der Waals surface area contributed by atoms with Gasteiger partial charge in [-0.05, 0) is 32.7 Å². The van der Waals surface area contributed by atoms with E-state index in [1.165, 1.54) is 0 Å². The van der Waals surface area contributed by atoms with Crippen LogP contribution in [-0.2, 0) is 9.53 Å². The van der Waals surface area contributed by atoms with Crippen LogP contribution < -0.4 is 10.6 Å². The van der Waals surface area contributed by atoms with Gasteiger partial charge in [-0.3, -0.25) is 4.79 Å². The predicted molar refractivity (Wildman–Crippen MR) is 59.7 cm³/mol. The number of hydrogen-bond donors (Lipinski definition) is 2. The van der Waals surface area contributed by atoms with Crippen molar-refractivity contribution in [3.05, 3.63) is 0 Å². The number of carbonyl (C=O) groups excluding carboxylic acids is 1. The number of hydrogen-bond acceptors (Lipinski definition) is 3. The Morgan fingerprint density at radius 1 is 1.67 bits per heavy atom. The molecule has 0 aromatic rings. The van der Waals surface area contributed by atoms with Crippen LogP contribution in [0.1, 0.15) is 27.2 Å². The van der Waals surface area contributed by atoms with Crippen LogP contribution in [0.25, 0.3) is 0 Å². The lowest BCUT2D eigenvalue weighted by molar-refractivity contribution is -0.132. The Morgan fingerprint density at radius 2 is 2.40 bits per heavy atom. The summed E-state index contributed by atoms with van der Waals surface area (Å²) in [6, 6.07) is 0.245. The summed E-state index contributed by atoms with van der Waals surface area (Å²) in [5.41, 5.74) is 0. The lowest BCUT2D eigenvalue weighted by Crippen LogP contribution is -2.52. The van der Waals surface area contributed by atoms with Gasteiger partial charge in [-0.15, -0.1) is 0 Å². The highest BCUT2D eigenvalue weighted by Gasteiger charge is 2.24. The molecule has 3 atom stereocenters. The minimum absolute atomic E-state index is 0.00241. The second-order valence-corrected chi connectivity index (χ2v) is 4.18. The van der Waals surface area contributed by atoms with Crippen LogP contribution in [0.3, 0.4) is 0 Å². The minimum atomic E-state index is -0.343. The van der Waals surface area contributed by atoms with Gasteiger partial charge in [-0.1, -0.05) is 6.92 Å². The van der Waals surface area contributed by atoms with E-state index in [0.717, 1.165) is 19.5 Å². The van der Waals surface area contributed by atoms with Crippen molar-refractivity contribution in [2.24, 2.45) is 5.92 Å². The number of nitrogens with one attached hydrogen (secondary N) is 2. The smallest absolute Gasteiger partial charge is 0.249 e. The molecule has 4 nitrogen and oxygen atoms in total. The maximum absolute atomic E-state index is 11.7. The monoisotopic (exact) mass is 214 g/mol. The third kappa shape index (κ3) is 3.80. The average molecular weight is 214 g/mol. The number of amides is 1. The van der Waals surface area contributed by atoms with Crippen LogP contribution in [0.2, 0.25) is 0 Å². The van der Waals surface area contributed by atoms with E-state index in [9.17, 15) is 4.79 Å². The Morgan fingerprint density at radius 3 is 3.00 bits per heavy atom. The quantitative estimate of drug-likeness (QED) is 0.717. The third-order valence-electron chi connectivity index (χ3n) is 2.94. The maximum atomic E-state index is 11.7. The molecular weight excluding hydrogens is 192 g/mol. The molecular formula is C11H22N2O2. The van der Waals surface area contributed by atoms with Gasteiger partial charge in [-0.2, -0.15) is 0 Å². The van der Waals surface area contributed by atoms with E-state index >= 15 is 0 Å². The SMILES string of the molecule is CCOC(C)C(=O)NC1CNCCC1C. The van der Waals surface area contributed by atoms with Crippen LogP contribution in [0.4, 0.5) is 0 Å². The third-order valence-corrected chi connectivity index (χ3v) is 2.94. The topological polar surface area (TPSA) is 50.4 Å². The van der Waals surface area contributed by atoms with Crippen LogP contribution in [0.5, 0.6) is 0 Å². The molecule has 1 heterocycles. The van der Waals surface area contributed by atoms with E-state index in [1.807, 2.05) is 6.92 Å². The maximum Gasteiger partial charge on any atom is 0.249 e. The predicted octanol–water partition coefficient (Wildman–Crippen LogP) is 0.526. The first-order valence-electron chi connectivity index (χ1n) is 5.77. The first-order chi connectivity index (χ1) is 7.15. The lowest BCUT2D eigenvalue weighted by atomic mass is 9.95. The molecule has 0 aliphatic carbocycles. The van der Waals surface area contributed by atoms with Gasteiger partial charge in [0.1, 0.15) is 6.10 Å². The van der Waals surface area contributed by atoms with Crippen LogP contribution in [-0.4, -0.2) is 37.7 Å². The van der Waals surface area contributed by atoms with E-state index < -0.39 is 0 Å². The Labute approximate surface area is 91.8 Å². The molecule has 0 saturated carbocycles. The lowest BCUT2D eigenvalue weighted by Gasteiger charge is -2.31. The average Bonchev–Trinajstić information content (AvgIpc) is 2.21. The van der Waals surface area contributed by atoms with Crippen LogP contribution in [0.15, 0.2) is 0 Å². The molecule has 4 heteroatoms. The standard InChI is InChI=1S/C11H22N2O2/c1-4-15-9(3)11(14)13-10-7-12-6-5-8(10)2/h8-10,12H,4-7H2,1-3H3,(H,13,14). The van der Waals surface area contributed by atoms with Crippen molar-refractivity contribution in [1.82, 2.24) is 10.6 Å². The highest BCUT2D eigenvalue weighted by Crippen LogP contribution is 2.11. The number of carbonyl (C=O) groups is 1. The molecule has 2 N–H and O–H groups in total. The van der Waals surface area contributed by atoms with Gasteiger partial charge in [-0.25, -0.2) is 0 Å². The van der Waals surface area contributed by atoms with E-state index in [-0.39, 0.29) is 18.1 Å². The molecule has 3 unspecified atom stereocenters. The van der Waals surface area contributed by atoms with Crippen molar-refractivity contribution < 1.29 is 9.53 Å². The van der Waals surface area contributed by atoms with Gasteiger partial charge in [0.05, 0.1) is 0 Å². The molecule has 1 saturated heterocycles. The second kappa shape index (κ2) is 6.08. The second-order valence-electron chi connectivity index (χ2n) is 4.18. The Hall–Kier alpha value is -0.610. The summed E-state index contributed by atoms with van der Waals surface area (Å²) in [6.45, 7) is 8.36. The van der Waals surface area contributed by atoms with Gasteiger partial charge in [0.15, 0.2) is 0 Å². The van der Waals surface area contributed by atoms with Crippen molar-refractivity contribution in [2.75, 3.05) is 19.7 Å². The Bertz CT molecular complexity index is 209. The fourth-order valence-electron chi connectivity index (χ4n) is 1.81. The zero-order valence-corrected chi connectivity index (χ0v) is 9.88. The first-order valence-corrected chi connectivity index (χ1v) is 5.77. The largest absolute Gasteiger partial charge is 0.369 e. The highest BCUT2D eigenvalue weighted by molar-refractivity contribution is 5.80. The summed E-state index contributed by atoms with van der Waals surface area (Å²) in [7, 11) is 0. The zero-order valence-electron chi connectivity index (χ0n) is 9.88. The van der Waals surface area contributed by atoms with E-state index in [4.69, 9.17) is 4.74 Å². The van der Waals surface area contributed by atoms with Crippen molar-refractivity contribution in [1.29, 1.82) is 0 Å². The summed E-state index contributed by atoms with van der Waals surface area (Å²) in [5, 5.41) is 6.31. The normalized spacial score (nSPS) is 28.5. The van der Waals surface area contributed by atoms with E-state index in [1.54, 1.807) is 6.92 Å². The fraction of sp³-hybridized carbons (Fsp3) is 0.909. The van der Waals surface area contributed by atoms with Crippen LogP contribution >= 0.6 is 0 Å². The van der Waals surface area contributed by atoms with Crippen molar-refractivity contribution in [3.63, 3.8) is 0 Å². The van der Waals surface area contributed by atoms with E-state index in [2.05, 4.69) is 17.6 Å². The molecule has 0 aromatic carbocycles. The van der Waals surface area contributed by atoms with Crippen LogP contribution in [0, 0.1) is 5.92 Å². The number of rotatable bonds is 4. The molecule has 0 aromatic heterocycles. The van der Waals surface area contributed by atoms with Gasteiger partial charge >= 0.3 is 0 Å². The number of ether oxygens (including phenoxy) is 1. The molecule has 15 heavy (non-hydrogen) atoms. The molecule has 0 spiro atoms. The molecule has 88 valence electrons. The van der Waals surface area contributed by atoms with Crippen molar-refractivity contribution >= 4 is 5.91 Å². The zero-order chi connectivity index (χ0) is 11.3. The molecule has 1 aliphatic heterocycles. The Balaban J connectivity index is 2.35. The van der Waals surface area contributed by atoms with E-state index in [0.29, 0.717) is 12.5 Å². The van der Waals surface area contributed by atoms with Crippen molar-refractivity contribution in [3.8, 4) is 0 Å². The fourth-order valence-corrected chi connectivity index (χ4v) is 1.81. The highest BCUT2D eigenvalue weighted by atomic mass is 16.5. The van der Waals surface area contributed by atoms with Gasteiger partial charge in [0.2, 0.25) is 5.91 Å². The molecule has 1 rings (SSSR count). The minimum Gasteiger partial charge on any atom is -0.369 e. The van der Waals surface area contributed by atoms with Gasteiger partial charge in [0.25, 0.3) is 0 Å². The summed E-state index contributed by atoms with van der Waals surface area (Å²) in [4.78, 5) is 11.7. The summed E-state index contributed by atoms with van der Waals surface area (Å²) < 4.78 is 5.25. The summed E-state index contributed by atoms with van der Waals surface area (Å²) in [6.07, 6.45) is 0.776. The van der Waals surface area contributed by atoms with Gasteiger partial charge in [0, 0.05) is 19.2 Å². The van der Waals surface area contributed by atoms with Gasteiger partial charge < -0.3 is 15.4 Å². The molecule has 0 bridgehead atoms. The molecule has 1 fully saturated rings. The molecule has 1 aliphatic rings.